The highest BCUT2D eigenvalue weighted by atomic mass is 15.2. The molecule has 1 aliphatic heterocycles. The van der Waals surface area contributed by atoms with Crippen LogP contribution in [-0.4, -0.2) is 23.1 Å². The average molecular weight is 220 g/mol. The van der Waals surface area contributed by atoms with E-state index in [1.54, 1.807) is 6.20 Å². The van der Waals surface area contributed by atoms with E-state index in [2.05, 4.69) is 21.8 Å². The summed E-state index contributed by atoms with van der Waals surface area (Å²) in [5, 5.41) is 0. The quantitative estimate of drug-likeness (QED) is 0.822. The predicted octanol–water partition coefficient (Wildman–Crippen LogP) is 1.56. The summed E-state index contributed by atoms with van der Waals surface area (Å²) in [7, 11) is 0. The van der Waals surface area contributed by atoms with Crippen molar-refractivity contribution in [3.8, 4) is 0 Å². The number of nitrogens with zero attached hydrogens (tertiary/aromatic N) is 3. The molecule has 1 saturated heterocycles. The molecule has 0 aliphatic carbocycles. The van der Waals surface area contributed by atoms with Crippen molar-refractivity contribution in [1.82, 2.24) is 9.97 Å². The Labute approximate surface area is 96.9 Å². The van der Waals surface area contributed by atoms with Gasteiger partial charge >= 0.3 is 0 Å². The van der Waals surface area contributed by atoms with E-state index in [-0.39, 0.29) is 0 Å². The lowest BCUT2D eigenvalue weighted by atomic mass is 10.0. The molecule has 1 fully saturated rings. The zero-order valence-electron chi connectivity index (χ0n) is 9.89. The first-order chi connectivity index (χ1) is 7.79. The average Bonchev–Trinajstić information content (AvgIpc) is 2.54. The molecule has 1 aromatic heterocycles. The maximum absolute atomic E-state index is 5.59. The molecular weight excluding hydrogens is 200 g/mol. The summed E-state index contributed by atoms with van der Waals surface area (Å²) in [6.07, 6.45) is 5.58. The highest BCUT2D eigenvalue weighted by Gasteiger charge is 2.15. The van der Waals surface area contributed by atoms with Crippen molar-refractivity contribution in [2.45, 2.75) is 32.7 Å². The van der Waals surface area contributed by atoms with Gasteiger partial charge in [-0.2, -0.15) is 0 Å². The lowest BCUT2D eigenvalue weighted by molar-refractivity contribution is 0.521. The molecule has 1 aromatic rings. The highest BCUT2D eigenvalue weighted by Crippen LogP contribution is 2.19. The van der Waals surface area contributed by atoms with Crippen molar-refractivity contribution < 1.29 is 0 Å². The molecule has 0 spiro atoms. The highest BCUT2D eigenvalue weighted by molar-refractivity contribution is 5.30. The molecule has 0 saturated carbocycles. The number of aromatic nitrogens is 2. The van der Waals surface area contributed by atoms with Gasteiger partial charge in [0, 0.05) is 25.8 Å². The summed E-state index contributed by atoms with van der Waals surface area (Å²) in [6.45, 7) is 4.94. The monoisotopic (exact) mass is 220 g/mol. The Balaban J connectivity index is 2.10. The van der Waals surface area contributed by atoms with Gasteiger partial charge in [0.15, 0.2) is 0 Å². The van der Waals surface area contributed by atoms with Gasteiger partial charge in [-0.25, -0.2) is 9.97 Å². The molecule has 2 heterocycles. The van der Waals surface area contributed by atoms with Crippen LogP contribution in [0.15, 0.2) is 12.3 Å². The second kappa shape index (κ2) is 5.25. The number of hydrogen-bond acceptors (Lipinski definition) is 4. The van der Waals surface area contributed by atoms with Crippen LogP contribution in [0.3, 0.4) is 0 Å². The van der Waals surface area contributed by atoms with Gasteiger partial charge in [-0.1, -0.05) is 6.92 Å². The maximum Gasteiger partial charge on any atom is 0.225 e. The Hall–Kier alpha value is -1.16. The van der Waals surface area contributed by atoms with Gasteiger partial charge in [0.05, 0.1) is 5.69 Å². The molecule has 1 atom stereocenters. The third-order valence-corrected chi connectivity index (χ3v) is 3.21. The molecule has 16 heavy (non-hydrogen) atoms. The lowest BCUT2D eigenvalue weighted by Gasteiger charge is -2.20. The third kappa shape index (κ3) is 2.70. The van der Waals surface area contributed by atoms with E-state index in [1.807, 2.05) is 6.07 Å². The van der Waals surface area contributed by atoms with Crippen molar-refractivity contribution in [3.05, 3.63) is 18.0 Å². The van der Waals surface area contributed by atoms with Crippen molar-refractivity contribution in [3.63, 3.8) is 0 Å². The first kappa shape index (κ1) is 11.3. The van der Waals surface area contributed by atoms with Crippen LogP contribution in [-0.2, 0) is 6.54 Å². The second-order valence-corrected chi connectivity index (χ2v) is 4.58. The molecule has 88 valence electrons. The van der Waals surface area contributed by atoms with Crippen molar-refractivity contribution >= 4 is 5.95 Å². The van der Waals surface area contributed by atoms with Crippen LogP contribution in [0, 0.1) is 5.92 Å². The molecular formula is C12H20N4. The Morgan fingerprint density at radius 3 is 3.12 bits per heavy atom. The standard InChI is InChI=1S/C12H20N4/c1-10-3-2-7-16(8-5-10)12-14-6-4-11(9-13)15-12/h4,6,10H,2-3,5,7-9,13H2,1H3. The van der Waals surface area contributed by atoms with Crippen molar-refractivity contribution in [1.29, 1.82) is 0 Å². The minimum absolute atomic E-state index is 0.486. The summed E-state index contributed by atoms with van der Waals surface area (Å²) in [5.41, 5.74) is 6.51. The third-order valence-electron chi connectivity index (χ3n) is 3.21. The number of nitrogens with two attached hydrogens (primary N) is 1. The molecule has 1 aliphatic rings. The van der Waals surface area contributed by atoms with E-state index in [0.717, 1.165) is 30.6 Å². The fourth-order valence-electron chi connectivity index (χ4n) is 2.11. The van der Waals surface area contributed by atoms with Gasteiger partial charge in [-0.15, -0.1) is 0 Å². The number of hydrogen-bond donors (Lipinski definition) is 1. The van der Waals surface area contributed by atoms with Gasteiger partial charge in [0.2, 0.25) is 5.95 Å². The summed E-state index contributed by atoms with van der Waals surface area (Å²) in [6, 6.07) is 1.88. The lowest BCUT2D eigenvalue weighted by Crippen LogP contribution is -2.26. The molecule has 0 radical (unpaired) electrons. The number of rotatable bonds is 2. The molecule has 0 amide bonds. The van der Waals surface area contributed by atoms with Crippen molar-refractivity contribution in [2.75, 3.05) is 18.0 Å². The minimum Gasteiger partial charge on any atom is -0.341 e. The molecule has 1 unspecified atom stereocenters. The zero-order chi connectivity index (χ0) is 11.4. The first-order valence-electron chi connectivity index (χ1n) is 6.06. The topological polar surface area (TPSA) is 55.0 Å². The van der Waals surface area contributed by atoms with Crippen LogP contribution >= 0.6 is 0 Å². The summed E-state index contributed by atoms with van der Waals surface area (Å²) in [4.78, 5) is 11.1. The SMILES string of the molecule is CC1CCCN(c2nccc(CN)n2)CC1. The van der Waals surface area contributed by atoms with Crippen molar-refractivity contribution in [2.24, 2.45) is 11.7 Å². The zero-order valence-corrected chi connectivity index (χ0v) is 9.89. The van der Waals surface area contributed by atoms with E-state index in [1.165, 1.54) is 19.3 Å². The van der Waals surface area contributed by atoms with Crippen LogP contribution in [0.25, 0.3) is 0 Å². The van der Waals surface area contributed by atoms with Crippen LogP contribution in [0.1, 0.15) is 31.9 Å². The van der Waals surface area contributed by atoms with Gasteiger partial charge in [0.1, 0.15) is 0 Å². The maximum atomic E-state index is 5.59. The predicted molar refractivity (Wildman–Crippen MR) is 65.2 cm³/mol. The first-order valence-corrected chi connectivity index (χ1v) is 6.06. The van der Waals surface area contributed by atoms with Gasteiger partial charge in [-0.05, 0) is 31.2 Å². The van der Waals surface area contributed by atoms with Crippen LogP contribution in [0.2, 0.25) is 0 Å². The number of anilines is 1. The Morgan fingerprint density at radius 2 is 2.31 bits per heavy atom. The Kier molecular flexibility index (Phi) is 3.72. The van der Waals surface area contributed by atoms with E-state index < -0.39 is 0 Å². The molecule has 2 N–H and O–H groups in total. The van der Waals surface area contributed by atoms with E-state index in [9.17, 15) is 0 Å². The van der Waals surface area contributed by atoms with Gasteiger partial charge < -0.3 is 10.6 Å². The van der Waals surface area contributed by atoms with E-state index in [4.69, 9.17) is 5.73 Å². The fourth-order valence-corrected chi connectivity index (χ4v) is 2.11. The van der Waals surface area contributed by atoms with Crippen LogP contribution in [0.5, 0.6) is 0 Å². The summed E-state index contributed by atoms with van der Waals surface area (Å²) in [5.74, 6) is 1.67. The molecule has 4 nitrogen and oxygen atoms in total. The fraction of sp³-hybridized carbons (Fsp3) is 0.667. The van der Waals surface area contributed by atoms with Crippen LogP contribution in [0.4, 0.5) is 5.95 Å². The summed E-state index contributed by atoms with van der Waals surface area (Å²) >= 11 is 0. The molecule has 2 rings (SSSR count). The van der Waals surface area contributed by atoms with E-state index in [0.29, 0.717) is 6.54 Å². The smallest absolute Gasteiger partial charge is 0.225 e. The van der Waals surface area contributed by atoms with Gasteiger partial charge in [-0.3, -0.25) is 0 Å². The molecule has 4 heteroatoms. The van der Waals surface area contributed by atoms with E-state index >= 15 is 0 Å². The summed E-state index contributed by atoms with van der Waals surface area (Å²) < 4.78 is 0. The molecule has 0 bridgehead atoms. The minimum atomic E-state index is 0.486. The molecule has 0 aromatic carbocycles. The second-order valence-electron chi connectivity index (χ2n) is 4.58. The Morgan fingerprint density at radius 1 is 1.44 bits per heavy atom. The normalized spacial score (nSPS) is 21.9. The largest absolute Gasteiger partial charge is 0.341 e. The van der Waals surface area contributed by atoms with Gasteiger partial charge in [0.25, 0.3) is 0 Å². The Bertz CT molecular complexity index is 340. The van der Waals surface area contributed by atoms with Crippen LogP contribution < -0.4 is 10.6 Å².